The normalized spacial score (nSPS) is 11.0. The van der Waals surface area contributed by atoms with Crippen LogP contribution in [0.1, 0.15) is 11.1 Å². The van der Waals surface area contributed by atoms with Gasteiger partial charge in [-0.1, -0.05) is 35.9 Å². The van der Waals surface area contributed by atoms with Gasteiger partial charge in [0.15, 0.2) is 5.82 Å². The SMILES string of the molecule is O=C(/C=C/c1ccc(F)cc1)Nc1nn(Cc2ccc(Cl)cc2)cc1Br. The number of carbonyl (C=O) groups is 1. The molecule has 0 atom stereocenters. The van der Waals surface area contributed by atoms with E-state index in [-0.39, 0.29) is 11.7 Å². The van der Waals surface area contributed by atoms with Crippen molar-refractivity contribution in [3.8, 4) is 0 Å². The Balaban J connectivity index is 1.64. The van der Waals surface area contributed by atoms with Gasteiger partial charge in [0.1, 0.15) is 5.82 Å². The lowest BCUT2D eigenvalue weighted by molar-refractivity contribution is -0.111. The Morgan fingerprint density at radius 2 is 1.88 bits per heavy atom. The van der Waals surface area contributed by atoms with Crippen molar-refractivity contribution in [3.05, 3.63) is 87.2 Å². The van der Waals surface area contributed by atoms with Crippen LogP contribution in [0.5, 0.6) is 0 Å². The quantitative estimate of drug-likeness (QED) is 0.565. The van der Waals surface area contributed by atoms with E-state index in [4.69, 9.17) is 11.6 Å². The Kier molecular flexibility index (Phi) is 5.85. The van der Waals surface area contributed by atoms with E-state index in [0.717, 1.165) is 11.1 Å². The molecule has 0 saturated heterocycles. The van der Waals surface area contributed by atoms with Crippen LogP contribution in [0.2, 0.25) is 5.02 Å². The molecule has 2 aromatic carbocycles. The zero-order valence-electron chi connectivity index (χ0n) is 13.5. The highest BCUT2D eigenvalue weighted by atomic mass is 79.9. The molecule has 1 N–H and O–H groups in total. The van der Waals surface area contributed by atoms with Gasteiger partial charge < -0.3 is 5.32 Å². The molecule has 26 heavy (non-hydrogen) atoms. The summed E-state index contributed by atoms with van der Waals surface area (Å²) >= 11 is 9.27. The van der Waals surface area contributed by atoms with Crippen LogP contribution in [0.4, 0.5) is 10.2 Å². The predicted octanol–water partition coefficient (Wildman–Crippen LogP) is 5.14. The van der Waals surface area contributed by atoms with Crippen LogP contribution in [0, 0.1) is 5.82 Å². The average molecular weight is 435 g/mol. The minimum atomic E-state index is -0.327. The average Bonchev–Trinajstić information content (AvgIpc) is 2.95. The lowest BCUT2D eigenvalue weighted by Gasteiger charge is -2.02. The first-order chi connectivity index (χ1) is 12.5. The number of halogens is 3. The molecule has 0 aliphatic heterocycles. The van der Waals surface area contributed by atoms with E-state index in [2.05, 4.69) is 26.3 Å². The second kappa shape index (κ2) is 8.29. The standard InChI is InChI=1S/C19H14BrClFN3O/c20-17-12-25(11-14-1-6-15(21)7-2-14)24-19(17)23-18(26)10-5-13-3-8-16(22)9-4-13/h1-10,12H,11H2,(H,23,24,26)/b10-5+. The molecule has 4 nitrogen and oxygen atoms in total. The van der Waals surface area contributed by atoms with Gasteiger partial charge in [-0.3, -0.25) is 9.48 Å². The maximum absolute atomic E-state index is 12.9. The molecule has 0 fully saturated rings. The van der Waals surface area contributed by atoms with Crippen LogP contribution in [-0.4, -0.2) is 15.7 Å². The molecular formula is C19H14BrClFN3O. The third kappa shape index (κ3) is 5.03. The number of nitrogens with one attached hydrogen (secondary N) is 1. The number of rotatable bonds is 5. The van der Waals surface area contributed by atoms with Gasteiger partial charge in [-0.25, -0.2) is 4.39 Å². The number of nitrogens with zero attached hydrogens (tertiary/aromatic N) is 2. The predicted molar refractivity (Wildman–Crippen MR) is 105 cm³/mol. The van der Waals surface area contributed by atoms with Gasteiger partial charge >= 0.3 is 0 Å². The molecule has 1 amide bonds. The Bertz CT molecular complexity index is 936. The molecule has 7 heteroatoms. The molecule has 3 rings (SSSR count). The summed E-state index contributed by atoms with van der Waals surface area (Å²) in [5, 5.41) is 7.74. The second-order valence-corrected chi connectivity index (χ2v) is 6.81. The van der Waals surface area contributed by atoms with Gasteiger partial charge in [-0.2, -0.15) is 5.10 Å². The van der Waals surface area contributed by atoms with Gasteiger partial charge in [0.25, 0.3) is 0 Å². The molecule has 0 radical (unpaired) electrons. The first kappa shape index (κ1) is 18.4. The van der Waals surface area contributed by atoms with Crippen molar-refractivity contribution in [1.82, 2.24) is 9.78 Å². The van der Waals surface area contributed by atoms with Crippen LogP contribution < -0.4 is 5.32 Å². The highest BCUT2D eigenvalue weighted by Crippen LogP contribution is 2.21. The molecule has 0 spiro atoms. The monoisotopic (exact) mass is 433 g/mol. The molecule has 0 saturated carbocycles. The van der Waals surface area contributed by atoms with Crippen molar-refractivity contribution in [3.63, 3.8) is 0 Å². The van der Waals surface area contributed by atoms with E-state index < -0.39 is 0 Å². The summed E-state index contributed by atoms with van der Waals surface area (Å²) < 4.78 is 15.3. The zero-order chi connectivity index (χ0) is 18.5. The number of hydrogen-bond donors (Lipinski definition) is 1. The summed E-state index contributed by atoms with van der Waals surface area (Å²) in [5.74, 6) is -0.221. The number of amides is 1. The highest BCUT2D eigenvalue weighted by Gasteiger charge is 2.09. The Morgan fingerprint density at radius 3 is 2.58 bits per heavy atom. The number of anilines is 1. The maximum atomic E-state index is 12.9. The van der Waals surface area contributed by atoms with E-state index in [1.807, 2.05) is 24.3 Å². The Morgan fingerprint density at radius 1 is 1.19 bits per heavy atom. The third-order valence-corrected chi connectivity index (χ3v) is 4.35. The van der Waals surface area contributed by atoms with Crippen LogP contribution in [0.15, 0.2) is 65.3 Å². The minimum Gasteiger partial charge on any atom is -0.305 e. The molecule has 132 valence electrons. The van der Waals surface area contributed by atoms with Gasteiger partial charge in [-0.15, -0.1) is 0 Å². The van der Waals surface area contributed by atoms with Crippen molar-refractivity contribution < 1.29 is 9.18 Å². The lowest BCUT2D eigenvalue weighted by Crippen LogP contribution is -2.09. The summed E-state index contributed by atoms with van der Waals surface area (Å²) in [4.78, 5) is 12.1. The molecule has 0 aliphatic carbocycles. The van der Waals surface area contributed by atoms with E-state index in [0.29, 0.717) is 21.9 Å². The van der Waals surface area contributed by atoms with Crippen LogP contribution >= 0.6 is 27.5 Å². The van der Waals surface area contributed by atoms with E-state index in [1.54, 1.807) is 29.1 Å². The van der Waals surface area contributed by atoms with E-state index in [9.17, 15) is 9.18 Å². The highest BCUT2D eigenvalue weighted by molar-refractivity contribution is 9.10. The molecule has 3 aromatic rings. The topological polar surface area (TPSA) is 46.9 Å². The number of aromatic nitrogens is 2. The van der Waals surface area contributed by atoms with Crippen molar-refractivity contribution >= 4 is 45.3 Å². The van der Waals surface area contributed by atoms with E-state index in [1.165, 1.54) is 18.2 Å². The first-order valence-corrected chi connectivity index (χ1v) is 8.89. The smallest absolute Gasteiger partial charge is 0.249 e. The van der Waals surface area contributed by atoms with Gasteiger partial charge in [-0.05, 0) is 57.4 Å². The fourth-order valence-corrected chi connectivity index (χ4v) is 2.78. The fraction of sp³-hybridized carbons (Fsp3) is 0.0526. The largest absolute Gasteiger partial charge is 0.305 e. The number of hydrogen-bond acceptors (Lipinski definition) is 2. The molecule has 0 bridgehead atoms. The van der Waals surface area contributed by atoms with Gasteiger partial charge in [0, 0.05) is 17.3 Å². The van der Waals surface area contributed by atoms with Crippen LogP contribution in [0.3, 0.4) is 0 Å². The minimum absolute atomic E-state index is 0.318. The maximum Gasteiger partial charge on any atom is 0.249 e. The fourth-order valence-electron chi connectivity index (χ4n) is 2.24. The van der Waals surface area contributed by atoms with Crippen molar-refractivity contribution in [1.29, 1.82) is 0 Å². The van der Waals surface area contributed by atoms with Gasteiger partial charge in [0.05, 0.1) is 11.0 Å². The van der Waals surface area contributed by atoms with Gasteiger partial charge in [0.2, 0.25) is 5.91 Å². The number of benzene rings is 2. The number of carbonyl (C=O) groups excluding carboxylic acids is 1. The Hall–Kier alpha value is -2.44. The summed E-state index contributed by atoms with van der Waals surface area (Å²) in [5.41, 5.74) is 1.77. The first-order valence-electron chi connectivity index (χ1n) is 7.71. The summed E-state index contributed by atoms with van der Waals surface area (Å²) in [7, 11) is 0. The Labute approximate surface area is 163 Å². The molecule has 0 aliphatic rings. The van der Waals surface area contributed by atoms with Crippen LogP contribution in [-0.2, 0) is 11.3 Å². The molecule has 1 heterocycles. The van der Waals surface area contributed by atoms with E-state index >= 15 is 0 Å². The summed E-state index contributed by atoms with van der Waals surface area (Å²) in [6.45, 7) is 0.553. The van der Waals surface area contributed by atoms with Crippen LogP contribution in [0.25, 0.3) is 6.08 Å². The third-order valence-electron chi connectivity index (χ3n) is 3.51. The molecule has 0 unspecified atom stereocenters. The van der Waals surface area contributed by atoms with Crippen molar-refractivity contribution in [2.45, 2.75) is 6.54 Å². The zero-order valence-corrected chi connectivity index (χ0v) is 15.8. The van der Waals surface area contributed by atoms with Crippen molar-refractivity contribution in [2.24, 2.45) is 0 Å². The summed E-state index contributed by atoms with van der Waals surface area (Å²) in [6.07, 6.45) is 4.76. The van der Waals surface area contributed by atoms with Crippen molar-refractivity contribution in [2.75, 3.05) is 5.32 Å². The molecular weight excluding hydrogens is 421 g/mol. The summed E-state index contributed by atoms with van der Waals surface area (Å²) in [6, 6.07) is 13.3. The second-order valence-electron chi connectivity index (χ2n) is 5.52. The lowest BCUT2D eigenvalue weighted by atomic mass is 10.2. The molecule has 1 aromatic heterocycles.